The van der Waals surface area contributed by atoms with E-state index in [4.69, 9.17) is 0 Å². The van der Waals surface area contributed by atoms with E-state index in [1.807, 2.05) is 0 Å². The molecule has 0 radical (unpaired) electrons. The fraction of sp³-hybridized carbons (Fsp3) is 0.647. The second-order valence-corrected chi connectivity index (χ2v) is 6.54. The lowest BCUT2D eigenvalue weighted by Gasteiger charge is -2.36. The summed E-state index contributed by atoms with van der Waals surface area (Å²) >= 11 is 0. The van der Waals surface area contributed by atoms with Crippen molar-refractivity contribution in [1.82, 2.24) is 10.2 Å². The molecule has 1 aliphatic heterocycles. The summed E-state index contributed by atoms with van der Waals surface area (Å²) in [7, 11) is 0. The zero-order valence-electron chi connectivity index (χ0n) is 14.4. The van der Waals surface area contributed by atoms with Gasteiger partial charge in [-0.2, -0.15) is 13.2 Å². The number of nitrogens with one attached hydrogen (secondary N) is 1. The summed E-state index contributed by atoms with van der Waals surface area (Å²) in [6, 6.07) is 2.76. The topological polar surface area (TPSA) is 15.3 Å². The third-order valence-corrected chi connectivity index (χ3v) is 4.24. The van der Waals surface area contributed by atoms with Gasteiger partial charge < -0.3 is 5.32 Å². The van der Waals surface area contributed by atoms with Crippen LogP contribution < -0.4 is 5.32 Å². The van der Waals surface area contributed by atoms with E-state index in [0.717, 1.165) is 45.1 Å². The lowest BCUT2D eigenvalue weighted by Crippen LogP contribution is -2.45. The van der Waals surface area contributed by atoms with Gasteiger partial charge in [-0.3, -0.25) is 4.90 Å². The quantitative estimate of drug-likeness (QED) is 0.689. The largest absolute Gasteiger partial charge is 0.416 e. The summed E-state index contributed by atoms with van der Waals surface area (Å²) in [4.78, 5) is 2.16. The number of alkyl halides is 3. The van der Waals surface area contributed by atoms with Crippen LogP contribution in [0, 0.1) is 11.7 Å². The first kappa shape index (κ1) is 24.4. The van der Waals surface area contributed by atoms with E-state index in [1.54, 1.807) is 0 Å². The molecule has 0 bridgehead atoms. The Morgan fingerprint density at radius 2 is 1.64 bits per heavy atom. The molecule has 1 aliphatic rings. The minimum absolute atomic E-state index is 0. The zero-order chi connectivity index (χ0) is 17.0. The Hall–Kier alpha value is -0.560. The molecular weight excluding hydrogens is 379 g/mol. The standard InChI is InChI=1S/C17H24F4N2.2ClH/c1-12(2)3-4-16(23-7-5-22-6-8-23)13-9-14(17(19,20)21)11-15(18)10-13;;/h9-12,16,22H,3-8H2,1-2H3;2*1H/t16-;;/m0../s1. The van der Waals surface area contributed by atoms with Gasteiger partial charge in [0.25, 0.3) is 0 Å². The lowest BCUT2D eigenvalue weighted by molar-refractivity contribution is -0.137. The Morgan fingerprint density at radius 3 is 2.16 bits per heavy atom. The first-order valence-electron chi connectivity index (χ1n) is 8.10. The average Bonchev–Trinajstić information content (AvgIpc) is 2.47. The van der Waals surface area contributed by atoms with E-state index in [2.05, 4.69) is 24.1 Å². The van der Waals surface area contributed by atoms with Crippen LogP contribution in [0.4, 0.5) is 17.6 Å². The van der Waals surface area contributed by atoms with E-state index in [0.29, 0.717) is 17.5 Å². The predicted octanol–water partition coefficient (Wildman–Crippen LogP) is 5.07. The van der Waals surface area contributed by atoms with E-state index < -0.39 is 17.6 Å². The van der Waals surface area contributed by atoms with E-state index in [-0.39, 0.29) is 30.9 Å². The van der Waals surface area contributed by atoms with Crippen molar-refractivity contribution < 1.29 is 17.6 Å². The van der Waals surface area contributed by atoms with Crippen LogP contribution in [0.1, 0.15) is 43.9 Å². The van der Waals surface area contributed by atoms with E-state index >= 15 is 0 Å². The van der Waals surface area contributed by atoms with E-state index in [9.17, 15) is 17.6 Å². The Labute approximate surface area is 159 Å². The molecule has 0 aromatic heterocycles. The average molecular weight is 405 g/mol. The van der Waals surface area contributed by atoms with Gasteiger partial charge in [-0.05, 0) is 42.5 Å². The molecule has 1 heterocycles. The van der Waals surface area contributed by atoms with Gasteiger partial charge in [0.05, 0.1) is 5.56 Å². The number of piperazine rings is 1. The molecule has 1 aromatic carbocycles. The van der Waals surface area contributed by atoms with E-state index in [1.165, 1.54) is 6.07 Å². The zero-order valence-corrected chi connectivity index (χ0v) is 16.0. The Kier molecular flexibility index (Phi) is 10.3. The molecular formula is C17H26Cl2F4N2. The van der Waals surface area contributed by atoms with Gasteiger partial charge in [0, 0.05) is 32.2 Å². The van der Waals surface area contributed by atoms with Crippen LogP contribution in [0.2, 0.25) is 0 Å². The Morgan fingerprint density at radius 1 is 1.04 bits per heavy atom. The Bertz CT molecular complexity index is 518. The van der Waals surface area contributed by atoms with Crippen LogP contribution in [0.5, 0.6) is 0 Å². The first-order chi connectivity index (χ1) is 10.8. The van der Waals surface area contributed by atoms with Gasteiger partial charge in [0.15, 0.2) is 0 Å². The highest BCUT2D eigenvalue weighted by Crippen LogP contribution is 2.34. The predicted molar refractivity (Wildman–Crippen MR) is 97.2 cm³/mol. The highest BCUT2D eigenvalue weighted by molar-refractivity contribution is 5.85. The van der Waals surface area contributed by atoms with Crippen molar-refractivity contribution in [2.75, 3.05) is 26.2 Å². The highest BCUT2D eigenvalue weighted by Gasteiger charge is 2.33. The second-order valence-electron chi connectivity index (χ2n) is 6.54. The lowest BCUT2D eigenvalue weighted by atomic mass is 9.94. The third-order valence-electron chi connectivity index (χ3n) is 4.24. The normalized spacial score (nSPS) is 16.9. The monoisotopic (exact) mass is 404 g/mol. The van der Waals surface area contributed by atoms with Crippen molar-refractivity contribution in [3.05, 3.63) is 35.1 Å². The fourth-order valence-corrected chi connectivity index (χ4v) is 3.01. The number of hydrogen-bond donors (Lipinski definition) is 1. The molecule has 0 unspecified atom stereocenters. The molecule has 8 heteroatoms. The molecule has 0 spiro atoms. The van der Waals surface area contributed by atoms with Crippen LogP contribution in [0.25, 0.3) is 0 Å². The van der Waals surface area contributed by atoms with Crippen molar-refractivity contribution in [2.45, 2.75) is 38.9 Å². The number of benzene rings is 1. The molecule has 1 atom stereocenters. The minimum atomic E-state index is -4.52. The molecule has 1 saturated heterocycles. The maximum absolute atomic E-state index is 13.8. The molecule has 2 rings (SSSR count). The fourth-order valence-electron chi connectivity index (χ4n) is 3.01. The molecule has 1 N–H and O–H groups in total. The van der Waals surface area contributed by atoms with Crippen LogP contribution in [0.3, 0.4) is 0 Å². The molecule has 0 amide bonds. The molecule has 146 valence electrons. The number of halogens is 6. The van der Waals surface area contributed by atoms with Crippen LogP contribution in [0.15, 0.2) is 18.2 Å². The van der Waals surface area contributed by atoms with Gasteiger partial charge in [-0.1, -0.05) is 13.8 Å². The first-order valence-corrected chi connectivity index (χ1v) is 8.10. The maximum Gasteiger partial charge on any atom is 0.416 e. The number of rotatable bonds is 5. The highest BCUT2D eigenvalue weighted by atomic mass is 35.5. The number of nitrogens with zero attached hydrogens (tertiary/aromatic N) is 1. The number of hydrogen-bond acceptors (Lipinski definition) is 2. The molecule has 1 aromatic rings. The van der Waals surface area contributed by atoms with Crippen LogP contribution in [-0.2, 0) is 6.18 Å². The van der Waals surface area contributed by atoms with Crippen molar-refractivity contribution in [3.63, 3.8) is 0 Å². The van der Waals surface area contributed by atoms with Gasteiger partial charge in [-0.15, -0.1) is 24.8 Å². The Balaban J connectivity index is 0.00000288. The van der Waals surface area contributed by atoms with Crippen LogP contribution in [-0.4, -0.2) is 31.1 Å². The van der Waals surface area contributed by atoms with Crippen molar-refractivity contribution in [1.29, 1.82) is 0 Å². The van der Waals surface area contributed by atoms with Crippen molar-refractivity contribution in [3.8, 4) is 0 Å². The molecule has 0 saturated carbocycles. The van der Waals surface area contributed by atoms with Gasteiger partial charge >= 0.3 is 6.18 Å². The van der Waals surface area contributed by atoms with Crippen LogP contribution >= 0.6 is 24.8 Å². The summed E-state index contributed by atoms with van der Waals surface area (Å²) in [6.45, 7) is 7.31. The summed E-state index contributed by atoms with van der Waals surface area (Å²) in [5.74, 6) is -0.365. The van der Waals surface area contributed by atoms with Crippen molar-refractivity contribution in [2.24, 2.45) is 5.92 Å². The minimum Gasteiger partial charge on any atom is -0.314 e. The van der Waals surface area contributed by atoms with Gasteiger partial charge in [0.1, 0.15) is 5.82 Å². The van der Waals surface area contributed by atoms with Crippen molar-refractivity contribution >= 4 is 24.8 Å². The van der Waals surface area contributed by atoms with Gasteiger partial charge in [-0.25, -0.2) is 4.39 Å². The molecule has 25 heavy (non-hydrogen) atoms. The summed E-state index contributed by atoms with van der Waals surface area (Å²) in [5, 5.41) is 3.24. The second kappa shape index (κ2) is 10.6. The smallest absolute Gasteiger partial charge is 0.314 e. The molecule has 1 fully saturated rings. The third kappa shape index (κ3) is 7.29. The summed E-state index contributed by atoms with van der Waals surface area (Å²) in [6.07, 6.45) is -2.90. The summed E-state index contributed by atoms with van der Waals surface area (Å²) in [5.41, 5.74) is -0.475. The summed E-state index contributed by atoms with van der Waals surface area (Å²) < 4.78 is 52.7. The maximum atomic E-state index is 13.8. The SMILES string of the molecule is CC(C)CC[C@@H](c1cc(F)cc(C(F)(F)F)c1)N1CCNCC1.Cl.Cl. The molecule has 0 aliphatic carbocycles. The van der Waals surface area contributed by atoms with Gasteiger partial charge in [0.2, 0.25) is 0 Å². The molecule has 2 nitrogen and oxygen atoms in total.